The first kappa shape index (κ1) is 18.6. The van der Waals surface area contributed by atoms with E-state index in [0.717, 1.165) is 44.2 Å². The number of carbonyl (C=O) groups excluding carboxylic acids is 1. The molecule has 0 aliphatic heterocycles. The molecule has 0 aromatic carbocycles. The van der Waals surface area contributed by atoms with Gasteiger partial charge in [0.2, 0.25) is 0 Å². The Morgan fingerprint density at radius 2 is 1.87 bits per heavy atom. The van der Waals surface area contributed by atoms with Gasteiger partial charge in [-0.15, -0.1) is 0 Å². The van der Waals surface area contributed by atoms with Gasteiger partial charge in [-0.3, -0.25) is 0 Å². The van der Waals surface area contributed by atoms with Crippen LogP contribution in [0.1, 0.15) is 73.1 Å². The molecular weight excluding hydrogens is 288 g/mol. The molecule has 1 N–H and O–H groups in total. The second-order valence-corrected chi connectivity index (χ2v) is 8.71. The molecule has 23 heavy (non-hydrogen) atoms. The van der Waals surface area contributed by atoms with E-state index in [-0.39, 0.29) is 6.09 Å². The highest BCUT2D eigenvalue weighted by atomic mass is 16.6. The van der Waals surface area contributed by atoms with Crippen molar-refractivity contribution in [3.05, 3.63) is 0 Å². The zero-order valence-corrected chi connectivity index (χ0v) is 15.7. The first-order chi connectivity index (χ1) is 10.8. The van der Waals surface area contributed by atoms with Crippen LogP contribution in [-0.2, 0) is 4.74 Å². The van der Waals surface area contributed by atoms with E-state index in [1.165, 1.54) is 19.3 Å². The fraction of sp³-hybridized carbons (Fsp3) is 0.947. The highest BCUT2D eigenvalue weighted by molar-refractivity contribution is 5.69. The molecule has 2 rings (SSSR count). The van der Waals surface area contributed by atoms with Gasteiger partial charge in [-0.1, -0.05) is 20.3 Å². The molecule has 2 saturated carbocycles. The van der Waals surface area contributed by atoms with Crippen molar-refractivity contribution in [2.24, 2.45) is 11.8 Å². The summed E-state index contributed by atoms with van der Waals surface area (Å²) >= 11 is 0. The van der Waals surface area contributed by atoms with E-state index in [1.807, 2.05) is 25.7 Å². The van der Waals surface area contributed by atoms with Crippen LogP contribution in [0.3, 0.4) is 0 Å². The molecule has 4 nitrogen and oxygen atoms in total. The smallest absolute Gasteiger partial charge is 0.410 e. The summed E-state index contributed by atoms with van der Waals surface area (Å²) in [5.74, 6) is 1.62. The lowest BCUT2D eigenvalue weighted by molar-refractivity contribution is 0.0231. The summed E-state index contributed by atoms with van der Waals surface area (Å²) in [6.45, 7) is 12.3. The van der Waals surface area contributed by atoms with Crippen molar-refractivity contribution in [1.82, 2.24) is 10.2 Å². The van der Waals surface area contributed by atoms with Crippen LogP contribution < -0.4 is 5.32 Å². The maximum absolute atomic E-state index is 12.3. The Morgan fingerprint density at radius 3 is 2.48 bits per heavy atom. The molecule has 0 heterocycles. The minimum absolute atomic E-state index is 0.139. The van der Waals surface area contributed by atoms with E-state index < -0.39 is 5.60 Å². The lowest BCUT2D eigenvalue weighted by Crippen LogP contribution is -2.42. The molecule has 0 saturated heterocycles. The normalized spacial score (nSPS) is 28.5. The van der Waals surface area contributed by atoms with E-state index >= 15 is 0 Å². The molecule has 2 aliphatic carbocycles. The first-order valence-electron chi connectivity index (χ1n) is 9.49. The van der Waals surface area contributed by atoms with Gasteiger partial charge >= 0.3 is 6.09 Å². The maximum Gasteiger partial charge on any atom is 0.410 e. The third-order valence-electron chi connectivity index (χ3n) is 5.06. The Morgan fingerprint density at radius 1 is 1.17 bits per heavy atom. The zero-order valence-electron chi connectivity index (χ0n) is 15.7. The summed E-state index contributed by atoms with van der Waals surface area (Å²) in [6.07, 6.45) is 7.12. The molecule has 2 aliphatic rings. The molecule has 1 amide bonds. The summed E-state index contributed by atoms with van der Waals surface area (Å²) in [4.78, 5) is 14.3. The third kappa shape index (κ3) is 6.33. The second kappa shape index (κ2) is 7.87. The molecule has 4 heteroatoms. The van der Waals surface area contributed by atoms with E-state index in [1.54, 1.807) is 0 Å². The van der Waals surface area contributed by atoms with Gasteiger partial charge in [0.1, 0.15) is 5.60 Å². The molecule has 0 bridgehead atoms. The Bertz CT molecular complexity index is 387. The molecular formula is C19H36N2O2. The number of nitrogens with one attached hydrogen (secondary N) is 1. The molecule has 0 aromatic rings. The molecule has 3 atom stereocenters. The molecule has 134 valence electrons. The highest BCUT2D eigenvalue weighted by Gasteiger charge is 2.34. The van der Waals surface area contributed by atoms with Crippen molar-refractivity contribution < 1.29 is 9.53 Å². The Labute approximate surface area is 142 Å². The number of carbonyl (C=O) groups is 1. The zero-order chi connectivity index (χ0) is 17.0. The fourth-order valence-electron chi connectivity index (χ4n) is 3.48. The summed E-state index contributed by atoms with van der Waals surface area (Å²) in [5.41, 5.74) is -0.407. The van der Waals surface area contributed by atoms with Gasteiger partial charge in [-0.2, -0.15) is 0 Å². The van der Waals surface area contributed by atoms with Crippen LogP contribution in [0.25, 0.3) is 0 Å². The molecule has 2 fully saturated rings. The molecule has 3 unspecified atom stereocenters. The molecule has 0 spiro atoms. The largest absolute Gasteiger partial charge is 0.444 e. The van der Waals surface area contributed by atoms with Crippen molar-refractivity contribution in [2.45, 2.75) is 90.8 Å². The average Bonchev–Trinajstić information content (AvgIpc) is 3.24. The van der Waals surface area contributed by atoms with E-state index in [0.29, 0.717) is 12.1 Å². The third-order valence-corrected chi connectivity index (χ3v) is 5.06. The minimum Gasteiger partial charge on any atom is -0.444 e. The van der Waals surface area contributed by atoms with Gasteiger partial charge in [0.25, 0.3) is 0 Å². The monoisotopic (exact) mass is 324 g/mol. The van der Waals surface area contributed by atoms with Crippen molar-refractivity contribution >= 4 is 6.09 Å². The summed E-state index contributed by atoms with van der Waals surface area (Å²) in [5, 5.41) is 3.72. The van der Waals surface area contributed by atoms with Crippen LogP contribution in [0.5, 0.6) is 0 Å². The molecule has 0 aromatic heterocycles. The van der Waals surface area contributed by atoms with Gasteiger partial charge in [0.15, 0.2) is 0 Å². The predicted molar refractivity (Wildman–Crippen MR) is 94.5 cm³/mol. The standard InChI is InChI=1S/C19H36N2O2/c1-14-7-8-15(2)17(13-14)20-11-6-12-21(16-9-10-16)18(22)23-19(3,4)5/h14-17,20H,6-13H2,1-5H3. The van der Waals surface area contributed by atoms with E-state index in [9.17, 15) is 4.79 Å². The maximum atomic E-state index is 12.3. The lowest BCUT2D eigenvalue weighted by atomic mass is 9.80. The van der Waals surface area contributed by atoms with Gasteiger partial charge in [0, 0.05) is 18.6 Å². The summed E-state index contributed by atoms with van der Waals surface area (Å²) in [7, 11) is 0. The van der Waals surface area contributed by atoms with Crippen LogP contribution in [0.2, 0.25) is 0 Å². The van der Waals surface area contributed by atoms with Crippen LogP contribution in [0, 0.1) is 11.8 Å². The Hall–Kier alpha value is -0.770. The number of rotatable bonds is 6. The Kier molecular flexibility index (Phi) is 6.35. The minimum atomic E-state index is -0.407. The number of nitrogens with zero attached hydrogens (tertiary/aromatic N) is 1. The van der Waals surface area contributed by atoms with Crippen LogP contribution in [-0.4, -0.2) is 41.8 Å². The van der Waals surface area contributed by atoms with Crippen LogP contribution >= 0.6 is 0 Å². The number of hydrogen-bond acceptors (Lipinski definition) is 3. The summed E-state index contributed by atoms with van der Waals surface area (Å²) < 4.78 is 5.55. The quantitative estimate of drug-likeness (QED) is 0.745. The number of ether oxygens (including phenoxy) is 1. The topological polar surface area (TPSA) is 41.6 Å². The van der Waals surface area contributed by atoms with Gasteiger partial charge in [-0.25, -0.2) is 4.79 Å². The predicted octanol–water partition coefficient (Wildman–Crippen LogP) is 4.19. The SMILES string of the molecule is CC1CCC(C)C(NCCCN(C(=O)OC(C)(C)C)C2CC2)C1. The first-order valence-corrected chi connectivity index (χ1v) is 9.49. The second-order valence-electron chi connectivity index (χ2n) is 8.71. The van der Waals surface area contributed by atoms with Gasteiger partial charge in [0.05, 0.1) is 0 Å². The fourth-order valence-corrected chi connectivity index (χ4v) is 3.48. The van der Waals surface area contributed by atoms with Crippen molar-refractivity contribution in [2.75, 3.05) is 13.1 Å². The number of hydrogen-bond donors (Lipinski definition) is 1. The van der Waals surface area contributed by atoms with Crippen molar-refractivity contribution in [3.63, 3.8) is 0 Å². The Balaban J connectivity index is 1.71. The van der Waals surface area contributed by atoms with Crippen LogP contribution in [0.4, 0.5) is 4.79 Å². The molecule has 0 radical (unpaired) electrons. The van der Waals surface area contributed by atoms with Gasteiger partial charge in [-0.05, 0) is 71.3 Å². The summed E-state index contributed by atoms with van der Waals surface area (Å²) in [6, 6.07) is 1.06. The van der Waals surface area contributed by atoms with Crippen molar-refractivity contribution in [3.8, 4) is 0 Å². The van der Waals surface area contributed by atoms with E-state index in [4.69, 9.17) is 4.74 Å². The van der Waals surface area contributed by atoms with Crippen LogP contribution in [0.15, 0.2) is 0 Å². The lowest BCUT2D eigenvalue weighted by Gasteiger charge is -2.33. The highest BCUT2D eigenvalue weighted by Crippen LogP contribution is 2.29. The van der Waals surface area contributed by atoms with Gasteiger partial charge < -0.3 is 15.0 Å². The van der Waals surface area contributed by atoms with E-state index in [2.05, 4.69) is 19.2 Å². The average molecular weight is 325 g/mol. The number of amides is 1. The van der Waals surface area contributed by atoms with Crippen molar-refractivity contribution in [1.29, 1.82) is 0 Å².